The molecule has 0 radical (unpaired) electrons. The number of benzene rings is 2. The minimum atomic E-state index is -0.487. The zero-order valence-corrected chi connectivity index (χ0v) is 14.4. The van der Waals surface area contributed by atoms with Crippen molar-refractivity contribution in [2.45, 2.75) is 6.54 Å². The Kier molecular flexibility index (Phi) is 5.16. The predicted molar refractivity (Wildman–Crippen MR) is 93.7 cm³/mol. The zero-order chi connectivity index (χ0) is 17.8. The summed E-state index contributed by atoms with van der Waals surface area (Å²) < 4.78 is 5.58. The Hall–Kier alpha value is -2.64. The predicted octanol–water partition coefficient (Wildman–Crippen LogP) is 2.82. The summed E-state index contributed by atoms with van der Waals surface area (Å²) in [6.45, 7) is 0.647. The van der Waals surface area contributed by atoms with Crippen LogP contribution in [-0.4, -0.2) is 32.7 Å². The normalized spacial score (nSPS) is 10.6. The van der Waals surface area contributed by atoms with E-state index in [-0.39, 0.29) is 6.61 Å². The minimum Gasteiger partial charge on any atom is -0.488 e. The maximum atomic E-state index is 11.1. The molecule has 9 heteroatoms. The number of nitrogens with two attached hydrogens (primary N) is 1. The van der Waals surface area contributed by atoms with Crippen molar-refractivity contribution in [3.8, 4) is 17.1 Å². The van der Waals surface area contributed by atoms with E-state index in [4.69, 9.17) is 33.7 Å². The lowest BCUT2D eigenvalue weighted by molar-refractivity contribution is 0.100. The van der Waals surface area contributed by atoms with Crippen molar-refractivity contribution in [1.29, 1.82) is 0 Å². The molecule has 0 spiro atoms. The average molecular weight is 378 g/mol. The van der Waals surface area contributed by atoms with Gasteiger partial charge in [0.15, 0.2) is 5.75 Å². The molecular formula is C16H13Cl2N5O2. The van der Waals surface area contributed by atoms with E-state index in [2.05, 4.69) is 15.4 Å². The average Bonchev–Trinajstić information content (AvgIpc) is 3.06. The fourth-order valence-corrected chi connectivity index (χ4v) is 2.59. The highest BCUT2D eigenvalue weighted by Gasteiger charge is 2.09. The summed E-state index contributed by atoms with van der Waals surface area (Å²) in [4.78, 5) is 12.5. The first-order valence-electron chi connectivity index (χ1n) is 7.29. The monoisotopic (exact) mass is 377 g/mol. The maximum Gasteiger partial charge on any atom is 0.248 e. The number of para-hydroxylation sites is 1. The first-order chi connectivity index (χ1) is 12.0. The van der Waals surface area contributed by atoms with Crippen molar-refractivity contribution in [1.82, 2.24) is 20.2 Å². The van der Waals surface area contributed by atoms with Crippen LogP contribution in [0.4, 0.5) is 0 Å². The molecular weight excluding hydrogens is 365 g/mol. The van der Waals surface area contributed by atoms with Crippen LogP contribution in [-0.2, 0) is 6.54 Å². The van der Waals surface area contributed by atoms with E-state index in [9.17, 15) is 4.79 Å². The van der Waals surface area contributed by atoms with E-state index in [0.717, 1.165) is 5.56 Å². The number of nitrogens with zero attached hydrogens (tertiary/aromatic N) is 4. The van der Waals surface area contributed by atoms with Crippen molar-refractivity contribution < 1.29 is 9.53 Å². The van der Waals surface area contributed by atoms with Crippen molar-refractivity contribution in [3.05, 3.63) is 58.1 Å². The topological polar surface area (TPSA) is 95.9 Å². The molecule has 128 valence electrons. The van der Waals surface area contributed by atoms with Crippen LogP contribution in [0, 0.1) is 0 Å². The number of tetrazole rings is 1. The molecule has 2 N–H and O–H groups in total. The number of halogens is 2. The van der Waals surface area contributed by atoms with Crippen LogP contribution in [0.25, 0.3) is 11.4 Å². The number of carbonyl (C=O) groups excluding carboxylic acids is 1. The van der Waals surface area contributed by atoms with Crippen molar-refractivity contribution in [2.24, 2.45) is 5.73 Å². The number of carbonyl (C=O) groups is 1. The summed E-state index contributed by atoms with van der Waals surface area (Å²) >= 11 is 12.1. The Morgan fingerprint density at radius 3 is 2.44 bits per heavy atom. The van der Waals surface area contributed by atoms with Gasteiger partial charge in [0.1, 0.15) is 6.61 Å². The molecule has 0 aliphatic rings. The van der Waals surface area contributed by atoms with E-state index in [1.165, 1.54) is 4.80 Å². The quantitative estimate of drug-likeness (QED) is 0.712. The summed E-state index contributed by atoms with van der Waals surface area (Å²) in [5.41, 5.74) is 6.36. The molecule has 0 fully saturated rings. The first-order valence-corrected chi connectivity index (χ1v) is 8.05. The molecule has 0 saturated carbocycles. The molecule has 25 heavy (non-hydrogen) atoms. The largest absolute Gasteiger partial charge is 0.488 e. The first kappa shape index (κ1) is 17.2. The Bertz CT molecular complexity index is 876. The van der Waals surface area contributed by atoms with Crippen LogP contribution in [0.15, 0.2) is 42.5 Å². The van der Waals surface area contributed by atoms with Crippen LogP contribution in [0.3, 0.4) is 0 Å². The van der Waals surface area contributed by atoms with Gasteiger partial charge in [-0.15, -0.1) is 10.2 Å². The molecule has 0 saturated heterocycles. The van der Waals surface area contributed by atoms with Gasteiger partial charge in [0, 0.05) is 11.1 Å². The van der Waals surface area contributed by atoms with Crippen LogP contribution in [0.2, 0.25) is 10.0 Å². The van der Waals surface area contributed by atoms with Crippen LogP contribution >= 0.6 is 23.2 Å². The van der Waals surface area contributed by atoms with Gasteiger partial charge in [0.2, 0.25) is 11.7 Å². The molecule has 0 aliphatic heterocycles. The second-order valence-electron chi connectivity index (χ2n) is 5.05. The van der Waals surface area contributed by atoms with Gasteiger partial charge in [-0.25, -0.2) is 0 Å². The number of aromatic nitrogens is 4. The van der Waals surface area contributed by atoms with Gasteiger partial charge in [0.05, 0.1) is 16.6 Å². The van der Waals surface area contributed by atoms with Gasteiger partial charge >= 0.3 is 0 Å². The number of hydrogen-bond acceptors (Lipinski definition) is 5. The zero-order valence-electron chi connectivity index (χ0n) is 12.9. The third kappa shape index (κ3) is 4.07. The third-order valence-corrected chi connectivity index (χ3v) is 3.93. The number of ether oxygens (including phenoxy) is 1. The van der Waals surface area contributed by atoms with Gasteiger partial charge in [-0.2, -0.15) is 4.80 Å². The fourth-order valence-electron chi connectivity index (χ4n) is 2.09. The number of primary amides is 1. The lowest BCUT2D eigenvalue weighted by atomic mass is 10.1. The number of rotatable bonds is 6. The van der Waals surface area contributed by atoms with Crippen molar-refractivity contribution in [2.75, 3.05) is 6.61 Å². The smallest absolute Gasteiger partial charge is 0.248 e. The van der Waals surface area contributed by atoms with Crippen LogP contribution < -0.4 is 10.5 Å². The molecule has 0 atom stereocenters. The molecule has 7 nitrogen and oxygen atoms in total. The highest BCUT2D eigenvalue weighted by molar-refractivity contribution is 6.37. The molecule has 2 aromatic carbocycles. The molecule has 1 amide bonds. The second-order valence-corrected chi connectivity index (χ2v) is 5.86. The summed E-state index contributed by atoms with van der Waals surface area (Å²) in [7, 11) is 0. The molecule has 1 heterocycles. The highest BCUT2D eigenvalue weighted by atomic mass is 35.5. The second kappa shape index (κ2) is 7.50. The molecule has 3 rings (SSSR count). The third-order valence-electron chi connectivity index (χ3n) is 3.34. The molecule has 1 aromatic heterocycles. The van der Waals surface area contributed by atoms with Crippen molar-refractivity contribution in [3.63, 3.8) is 0 Å². The SMILES string of the molecule is NC(=O)c1ccc(-c2nnn(CCOc3c(Cl)cccc3Cl)n2)cc1. The standard InChI is InChI=1S/C16H13Cl2N5O2/c17-12-2-1-3-13(18)14(12)25-9-8-23-21-16(20-22-23)11-6-4-10(5-7-11)15(19)24/h1-7H,8-9H2,(H2,19,24). The van der Waals surface area contributed by atoms with E-state index in [0.29, 0.717) is 33.7 Å². The molecule has 0 unspecified atom stereocenters. The van der Waals surface area contributed by atoms with E-state index in [1.807, 2.05) is 0 Å². The van der Waals surface area contributed by atoms with Gasteiger partial charge in [-0.1, -0.05) is 41.4 Å². The summed E-state index contributed by atoms with van der Waals surface area (Å²) in [5.74, 6) is 0.374. The van der Waals surface area contributed by atoms with Gasteiger partial charge in [-0.05, 0) is 29.5 Å². The van der Waals surface area contributed by atoms with E-state index >= 15 is 0 Å². The Labute approximate surface area is 153 Å². The van der Waals surface area contributed by atoms with Crippen molar-refractivity contribution >= 4 is 29.1 Å². The van der Waals surface area contributed by atoms with Gasteiger partial charge < -0.3 is 10.5 Å². The lowest BCUT2D eigenvalue weighted by Gasteiger charge is -2.08. The Morgan fingerprint density at radius 1 is 1.12 bits per heavy atom. The van der Waals surface area contributed by atoms with Crippen LogP contribution in [0.5, 0.6) is 5.75 Å². The Balaban J connectivity index is 1.63. The summed E-state index contributed by atoms with van der Waals surface area (Å²) in [6, 6.07) is 11.8. The molecule has 0 bridgehead atoms. The minimum absolute atomic E-state index is 0.278. The highest BCUT2D eigenvalue weighted by Crippen LogP contribution is 2.32. The number of hydrogen-bond donors (Lipinski definition) is 1. The summed E-state index contributed by atoms with van der Waals surface area (Å²) in [5, 5.41) is 13.1. The summed E-state index contributed by atoms with van der Waals surface area (Å²) in [6.07, 6.45) is 0. The van der Waals surface area contributed by atoms with Gasteiger partial charge in [0.25, 0.3) is 0 Å². The van der Waals surface area contributed by atoms with Gasteiger partial charge in [-0.3, -0.25) is 4.79 Å². The number of amides is 1. The molecule has 3 aromatic rings. The van der Waals surface area contributed by atoms with E-state index < -0.39 is 5.91 Å². The maximum absolute atomic E-state index is 11.1. The Morgan fingerprint density at radius 2 is 1.80 bits per heavy atom. The molecule has 0 aliphatic carbocycles. The van der Waals surface area contributed by atoms with E-state index in [1.54, 1.807) is 42.5 Å². The lowest BCUT2D eigenvalue weighted by Crippen LogP contribution is -2.11. The fraction of sp³-hybridized carbons (Fsp3) is 0.125. The van der Waals surface area contributed by atoms with Crippen LogP contribution in [0.1, 0.15) is 10.4 Å².